The van der Waals surface area contributed by atoms with Gasteiger partial charge in [-0.1, -0.05) is 11.6 Å². The Morgan fingerprint density at radius 3 is 2.76 bits per heavy atom. The van der Waals surface area contributed by atoms with Crippen molar-refractivity contribution in [1.82, 2.24) is 4.72 Å². The molecule has 0 bridgehead atoms. The Kier molecular flexibility index (Phi) is 5.18. The van der Waals surface area contributed by atoms with Crippen molar-refractivity contribution < 1.29 is 18.3 Å². The third-order valence-electron chi connectivity index (χ3n) is 3.48. The third kappa shape index (κ3) is 4.15. The van der Waals surface area contributed by atoms with Gasteiger partial charge >= 0.3 is 5.97 Å². The predicted molar refractivity (Wildman–Crippen MR) is 82.4 cm³/mol. The molecule has 116 valence electrons. The summed E-state index contributed by atoms with van der Waals surface area (Å²) in [6, 6.07) is 1.41. The molecule has 1 aliphatic carbocycles. The van der Waals surface area contributed by atoms with Gasteiger partial charge < -0.3 is 5.11 Å². The Balaban J connectivity index is 1.99. The van der Waals surface area contributed by atoms with Gasteiger partial charge in [0.25, 0.3) is 0 Å². The molecule has 0 atom stereocenters. The van der Waals surface area contributed by atoms with Gasteiger partial charge in [0, 0.05) is 6.54 Å². The van der Waals surface area contributed by atoms with E-state index in [9.17, 15) is 13.2 Å². The van der Waals surface area contributed by atoms with Gasteiger partial charge in [-0.05, 0) is 50.7 Å². The van der Waals surface area contributed by atoms with Gasteiger partial charge in [0.1, 0.15) is 9.09 Å². The van der Waals surface area contributed by atoms with Gasteiger partial charge in [0.15, 0.2) is 0 Å². The number of nitrogens with one attached hydrogen (secondary N) is 1. The number of rotatable bonds is 6. The van der Waals surface area contributed by atoms with E-state index in [-0.39, 0.29) is 9.09 Å². The summed E-state index contributed by atoms with van der Waals surface area (Å²) in [5.41, 5.74) is 1.78. The average Bonchev–Trinajstić information content (AvgIpc) is 2.83. The summed E-state index contributed by atoms with van der Waals surface area (Å²) in [4.78, 5) is 11.0. The molecule has 0 amide bonds. The molecule has 0 aromatic carbocycles. The summed E-state index contributed by atoms with van der Waals surface area (Å²) in [7, 11) is -3.62. The molecule has 2 rings (SSSR count). The second kappa shape index (κ2) is 6.72. The van der Waals surface area contributed by atoms with E-state index in [1.807, 2.05) is 0 Å². The molecule has 2 N–H and O–H groups in total. The van der Waals surface area contributed by atoms with E-state index < -0.39 is 16.0 Å². The van der Waals surface area contributed by atoms with Crippen molar-refractivity contribution in [3.63, 3.8) is 0 Å². The van der Waals surface area contributed by atoms with Gasteiger partial charge in [0.2, 0.25) is 10.0 Å². The minimum absolute atomic E-state index is 0.0648. The number of carbonyl (C=O) groups is 1. The summed E-state index contributed by atoms with van der Waals surface area (Å²) in [6.07, 6.45) is 7.41. The molecule has 0 aliphatic heterocycles. The summed E-state index contributed by atoms with van der Waals surface area (Å²) in [5, 5.41) is 8.98. The van der Waals surface area contributed by atoms with Crippen molar-refractivity contribution in [3.05, 3.63) is 28.2 Å². The molecule has 1 aliphatic rings. The molecule has 7 heteroatoms. The first-order valence-corrected chi connectivity index (χ1v) is 9.21. The summed E-state index contributed by atoms with van der Waals surface area (Å²) >= 11 is 0.796. The van der Waals surface area contributed by atoms with E-state index in [0.29, 0.717) is 12.1 Å². The second-order valence-corrected chi connectivity index (χ2v) is 8.18. The molecule has 5 nitrogen and oxygen atoms in total. The van der Waals surface area contributed by atoms with Gasteiger partial charge in [-0.25, -0.2) is 17.9 Å². The van der Waals surface area contributed by atoms with E-state index in [1.165, 1.54) is 24.5 Å². The maximum absolute atomic E-state index is 12.1. The molecular formula is C14H19NO4S2. The number of hydrogen-bond acceptors (Lipinski definition) is 4. The number of aryl methyl sites for hydroxylation is 1. The van der Waals surface area contributed by atoms with Crippen molar-refractivity contribution in [2.45, 2.75) is 43.2 Å². The van der Waals surface area contributed by atoms with E-state index in [4.69, 9.17) is 5.11 Å². The normalized spacial score (nSPS) is 15.8. The molecule has 21 heavy (non-hydrogen) atoms. The topological polar surface area (TPSA) is 83.5 Å². The first-order valence-electron chi connectivity index (χ1n) is 6.91. The number of allylic oxidation sites excluding steroid dienone is 1. The fourth-order valence-corrected chi connectivity index (χ4v) is 4.80. The molecule has 0 saturated carbocycles. The van der Waals surface area contributed by atoms with Crippen LogP contribution in [-0.2, 0) is 10.0 Å². The Labute approximate surface area is 128 Å². The van der Waals surface area contributed by atoms with Crippen LogP contribution in [0.15, 0.2) is 21.9 Å². The molecular weight excluding hydrogens is 310 g/mol. The number of sulfonamides is 1. The maximum atomic E-state index is 12.1. The van der Waals surface area contributed by atoms with Crippen LogP contribution in [0.5, 0.6) is 0 Å². The van der Waals surface area contributed by atoms with Crippen LogP contribution in [0.2, 0.25) is 0 Å². The first-order chi connectivity index (χ1) is 9.90. The molecule has 0 unspecified atom stereocenters. The molecule has 0 saturated heterocycles. The minimum Gasteiger partial charge on any atom is -0.477 e. The lowest BCUT2D eigenvalue weighted by Gasteiger charge is -2.12. The lowest BCUT2D eigenvalue weighted by atomic mass is 9.97. The fraction of sp³-hybridized carbons (Fsp3) is 0.500. The zero-order valence-electron chi connectivity index (χ0n) is 11.9. The Bertz CT molecular complexity index is 659. The number of hydrogen-bond donors (Lipinski definition) is 2. The molecule has 0 spiro atoms. The molecule has 1 heterocycles. The van der Waals surface area contributed by atoms with E-state index >= 15 is 0 Å². The highest BCUT2D eigenvalue weighted by Gasteiger charge is 2.21. The van der Waals surface area contributed by atoms with Crippen LogP contribution >= 0.6 is 11.3 Å². The monoisotopic (exact) mass is 329 g/mol. The predicted octanol–water partition coefficient (Wildman–Crippen LogP) is 2.92. The van der Waals surface area contributed by atoms with Gasteiger partial charge in [0.05, 0.1) is 0 Å². The summed E-state index contributed by atoms with van der Waals surface area (Å²) in [6.45, 7) is 1.96. The molecule has 0 fully saturated rings. The molecule has 1 aromatic rings. The highest BCUT2D eigenvalue weighted by Crippen LogP contribution is 2.26. The summed E-state index contributed by atoms with van der Waals surface area (Å²) in [5.74, 6) is -1.09. The fourth-order valence-electron chi connectivity index (χ4n) is 2.35. The average molecular weight is 329 g/mol. The number of aromatic carboxylic acids is 1. The minimum atomic E-state index is -3.62. The van der Waals surface area contributed by atoms with Gasteiger partial charge in [-0.2, -0.15) is 0 Å². The van der Waals surface area contributed by atoms with Crippen molar-refractivity contribution >= 4 is 27.3 Å². The van der Waals surface area contributed by atoms with Crippen molar-refractivity contribution in [1.29, 1.82) is 0 Å². The van der Waals surface area contributed by atoms with Crippen LogP contribution in [0.3, 0.4) is 0 Å². The Morgan fingerprint density at radius 2 is 2.19 bits per heavy atom. The molecule has 0 radical (unpaired) electrons. The van der Waals surface area contributed by atoms with E-state index in [2.05, 4.69) is 10.8 Å². The molecule has 1 aromatic heterocycles. The van der Waals surface area contributed by atoms with Crippen LogP contribution < -0.4 is 4.72 Å². The Morgan fingerprint density at radius 1 is 1.43 bits per heavy atom. The zero-order valence-corrected chi connectivity index (χ0v) is 13.5. The largest absolute Gasteiger partial charge is 0.477 e. The zero-order chi connectivity index (χ0) is 15.5. The van der Waals surface area contributed by atoms with Gasteiger partial charge in [-0.3, -0.25) is 0 Å². The van der Waals surface area contributed by atoms with Crippen LogP contribution in [0, 0.1) is 6.92 Å². The van der Waals surface area contributed by atoms with Crippen molar-refractivity contribution in [2.24, 2.45) is 0 Å². The maximum Gasteiger partial charge on any atom is 0.346 e. The lowest BCUT2D eigenvalue weighted by molar-refractivity contribution is 0.0701. The number of carboxylic acid groups (broad SMARTS) is 1. The standard InChI is InChI=1S/C14H19NO4S2/c1-10-9-12(20-13(10)14(16)17)21(18,19)15-8-7-11-5-3-2-4-6-11/h5,9,15H,2-4,6-8H2,1H3,(H,16,17). The number of carboxylic acids is 1. The highest BCUT2D eigenvalue weighted by atomic mass is 32.2. The van der Waals surface area contributed by atoms with Crippen LogP contribution in [0.1, 0.15) is 47.3 Å². The van der Waals surface area contributed by atoms with Crippen LogP contribution in [0.4, 0.5) is 0 Å². The van der Waals surface area contributed by atoms with Crippen molar-refractivity contribution in [3.8, 4) is 0 Å². The number of thiophene rings is 1. The SMILES string of the molecule is Cc1cc(S(=O)(=O)NCCC2=CCCCC2)sc1C(=O)O. The van der Waals surface area contributed by atoms with E-state index in [0.717, 1.165) is 30.6 Å². The van der Waals surface area contributed by atoms with Gasteiger partial charge in [-0.15, -0.1) is 11.3 Å². The van der Waals surface area contributed by atoms with Crippen LogP contribution in [0.25, 0.3) is 0 Å². The Hall–Kier alpha value is -1.18. The quantitative estimate of drug-likeness (QED) is 0.786. The van der Waals surface area contributed by atoms with E-state index in [1.54, 1.807) is 6.92 Å². The van der Waals surface area contributed by atoms with Crippen LogP contribution in [-0.4, -0.2) is 26.0 Å². The highest BCUT2D eigenvalue weighted by molar-refractivity contribution is 7.91. The lowest BCUT2D eigenvalue weighted by Crippen LogP contribution is -2.24. The first kappa shape index (κ1) is 16.2. The smallest absolute Gasteiger partial charge is 0.346 e. The van der Waals surface area contributed by atoms with Crippen molar-refractivity contribution in [2.75, 3.05) is 6.54 Å². The summed E-state index contributed by atoms with van der Waals surface area (Å²) < 4.78 is 26.9. The second-order valence-electron chi connectivity index (χ2n) is 5.14. The third-order valence-corrected chi connectivity index (χ3v) is 6.64.